The second kappa shape index (κ2) is 37.4. The quantitative estimate of drug-likeness (QED) is 0.494. The Labute approximate surface area is 181 Å². The molecule has 0 aliphatic rings. The Morgan fingerprint density at radius 3 is 1.25 bits per heavy atom. The SMILES string of the molecule is CCC(C)CC.CCCCC.C[N-]CN(C)C.[CH3-].[Y].[Y]. The van der Waals surface area contributed by atoms with E-state index in [-0.39, 0.29) is 72.8 Å². The fourth-order valence-corrected chi connectivity index (χ4v) is 0.925. The average Bonchev–Trinajstić information content (AvgIpc) is 2.30. The fraction of sp³-hybridized carbons (Fsp3) is 0.938. The maximum Gasteiger partial charge on any atom is 0 e. The van der Waals surface area contributed by atoms with Crippen molar-refractivity contribution in [1.29, 1.82) is 0 Å². The largest absolute Gasteiger partial charge is 0.653 e. The topological polar surface area (TPSA) is 17.3 Å². The van der Waals surface area contributed by atoms with E-state index in [9.17, 15) is 0 Å². The summed E-state index contributed by atoms with van der Waals surface area (Å²) in [5.41, 5.74) is 0. The van der Waals surface area contributed by atoms with Crippen LogP contribution in [0.2, 0.25) is 0 Å². The van der Waals surface area contributed by atoms with Crippen LogP contribution in [0.25, 0.3) is 5.32 Å². The summed E-state index contributed by atoms with van der Waals surface area (Å²) in [5, 5.41) is 3.86. The number of unbranched alkanes of at least 4 members (excludes halogenated alkanes) is 2. The van der Waals surface area contributed by atoms with Gasteiger partial charge in [0.2, 0.25) is 0 Å². The molecule has 2 nitrogen and oxygen atoms in total. The van der Waals surface area contributed by atoms with E-state index in [1.54, 1.807) is 7.05 Å². The maximum absolute atomic E-state index is 3.86. The van der Waals surface area contributed by atoms with Crippen LogP contribution in [0.5, 0.6) is 0 Å². The van der Waals surface area contributed by atoms with Crippen LogP contribution >= 0.6 is 0 Å². The summed E-state index contributed by atoms with van der Waals surface area (Å²) in [7, 11) is 5.79. The first-order chi connectivity index (χ1) is 7.99. The molecule has 4 heteroatoms. The van der Waals surface area contributed by atoms with Crippen molar-refractivity contribution in [2.24, 2.45) is 5.92 Å². The monoisotopic (exact) mass is 438 g/mol. The molecule has 0 aromatic heterocycles. The van der Waals surface area contributed by atoms with Gasteiger partial charge in [0.25, 0.3) is 0 Å². The molecule has 0 saturated heterocycles. The number of nitrogens with zero attached hydrogens (tertiary/aromatic N) is 2. The van der Waals surface area contributed by atoms with Crippen LogP contribution in [0.4, 0.5) is 0 Å². The first kappa shape index (κ1) is 38.0. The van der Waals surface area contributed by atoms with E-state index in [4.69, 9.17) is 0 Å². The normalized spacial score (nSPS) is 8.10. The summed E-state index contributed by atoms with van der Waals surface area (Å²) >= 11 is 0. The molecule has 0 aliphatic carbocycles. The van der Waals surface area contributed by atoms with E-state index in [2.05, 4.69) is 39.9 Å². The summed E-state index contributed by atoms with van der Waals surface area (Å²) in [4.78, 5) is 2.01. The van der Waals surface area contributed by atoms with Crippen LogP contribution in [0.3, 0.4) is 0 Å². The fourth-order valence-electron chi connectivity index (χ4n) is 0.925. The smallest absolute Gasteiger partial charge is 0 e. The minimum Gasteiger partial charge on any atom is -0.653 e. The van der Waals surface area contributed by atoms with E-state index >= 15 is 0 Å². The molecule has 0 heterocycles. The van der Waals surface area contributed by atoms with Crippen molar-refractivity contribution in [2.45, 2.75) is 66.7 Å². The van der Waals surface area contributed by atoms with Crippen molar-refractivity contribution in [1.82, 2.24) is 4.90 Å². The van der Waals surface area contributed by atoms with E-state index in [0.717, 1.165) is 12.6 Å². The van der Waals surface area contributed by atoms with Crippen molar-refractivity contribution in [3.05, 3.63) is 12.7 Å². The number of rotatable bonds is 6. The molecule has 0 spiro atoms. The van der Waals surface area contributed by atoms with Gasteiger partial charge in [-0.3, -0.25) is 0 Å². The van der Waals surface area contributed by atoms with E-state index in [0.29, 0.717) is 0 Å². The van der Waals surface area contributed by atoms with Crippen molar-refractivity contribution in [2.75, 3.05) is 27.8 Å². The maximum atomic E-state index is 3.86. The summed E-state index contributed by atoms with van der Waals surface area (Å²) in [6.07, 6.45) is 6.74. The molecule has 0 amide bonds. The van der Waals surface area contributed by atoms with E-state index in [1.165, 1.54) is 32.1 Å². The predicted octanol–water partition coefficient (Wildman–Crippen LogP) is 5.59. The molecule has 0 aromatic rings. The van der Waals surface area contributed by atoms with Gasteiger partial charge in [-0.05, 0) is 20.0 Å². The molecule has 0 N–H and O–H groups in total. The zero-order valence-corrected chi connectivity index (χ0v) is 21.5. The van der Waals surface area contributed by atoms with Gasteiger partial charge in [0, 0.05) is 65.4 Å². The summed E-state index contributed by atoms with van der Waals surface area (Å²) in [6.45, 7) is 12.0. The molecule has 20 heavy (non-hydrogen) atoms. The first-order valence-corrected chi connectivity index (χ1v) is 7.20. The molecular formula is C16H40N2Y2-2. The first-order valence-electron chi connectivity index (χ1n) is 7.20. The molecule has 122 valence electrons. The van der Waals surface area contributed by atoms with E-state index in [1.807, 2.05) is 19.0 Å². The Morgan fingerprint density at radius 2 is 1.25 bits per heavy atom. The summed E-state index contributed by atoms with van der Waals surface area (Å²) in [6, 6.07) is 0. The van der Waals surface area contributed by atoms with Gasteiger partial charge in [-0.1, -0.05) is 73.4 Å². The second-order valence-electron chi connectivity index (χ2n) is 4.81. The second-order valence-corrected chi connectivity index (χ2v) is 4.81. The van der Waals surface area contributed by atoms with Gasteiger partial charge in [0.15, 0.2) is 0 Å². The Hall–Kier alpha value is 2.13. The summed E-state index contributed by atoms with van der Waals surface area (Å²) in [5.74, 6) is 0.935. The van der Waals surface area contributed by atoms with Crippen LogP contribution in [0, 0.1) is 13.3 Å². The molecule has 0 unspecified atom stereocenters. The van der Waals surface area contributed by atoms with Crippen LogP contribution in [0.1, 0.15) is 66.7 Å². The minimum absolute atomic E-state index is 0. The zero-order valence-electron chi connectivity index (χ0n) is 15.9. The third-order valence-corrected chi connectivity index (χ3v) is 2.53. The van der Waals surface area contributed by atoms with Gasteiger partial charge < -0.3 is 17.6 Å². The molecule has 0 saturated carbocycles. The van der Waals surface area contributed by atoms with Gasteiger partial charge in [0.1, 0.15) is 0 Å². The minimum atomic E-state index is 0. The van der Waals surface area contributed by atoms with Crippen molar-refractivity contribution in [3.8, 4) is 0 Å². The molecule has 2 radical (unpaired) electrons. The third-order valence-electron chi connectivity index (χ3n) is 2.53. The van der Waals surface area contributed by atoms with Gasteiger partial charge in [-0.15, -0.1) is 0 Å². The Balaban J connectivity index is -0.0000000343. The zero-order chi connectivity index (χ0) is 14.1. The number of hydrogen-bond acceptors (Lipinski definition) is 1. The molecule has 0 bridgehead atoms. The molecule has 0 fully saturated rings. The van der Waals surface area contributed by atoms with Crippen molar-refractivity contribution in [3.63, 3.8) is 0 Å². The average molecular weight is 438 g/mol. The van der Waals surface area contributed by atoms with Gasteiger partial charge in [-0.2, -0.15) is 7.05 Å². The molecule has 0 atom stereocenters. The van der Waals surface area contributed by atoms with Crippen LogP contribution in [0.15, 0.2) is 0 Å². The number of hydrogen-bond donors (Lipinski definition) is 0. The van der Waals surface area contributed by atoms with Crippen molar-refractivity contribution < 1.29 is 65.4 Å². The van der Waals surface area contributed by atoms with Gasteiger partial charge in [-0.25, -0.2) is 0 Å². The molecule has 0 aromatic carbocycles. The Bertz CT molecular complexity index is 107. The van der Waals surface area contributed by atoms with Gasteiger partial charge in [0.05, 0.1) is 0 Å². The predicted molar refractivity (Wildman–Crippen MR) is 89.2 cm³/mol. The van der Waals surface area contributed by atoms with Gasteiger partial charge >= 0.3 is 0 Å². The van der Waals surface area contributed by atoms with Crippen LogP contribution in [-0.2, 0) is 65.4 Å². The molecular weight excluding hydrogens is 398 g/mol. The Morgan fingerprint density at radius 1 is 0.900 bits per heavy atom. The van der Waals surface area contributed by atoms with Crippen LogP contribution < -0.4 is 0 Å². The molecule has 0 rings (SSSR count). The van der Waals surface area contributed by atoms with Crippen molar-refractivity contribution >= 4 is 0 Å². The standard InChI is InChI=1S/C6H14.C5H12.C4H11N2.CH3.2Y/c1-4-6(3)5-2;1-3-5-4-2;1-5-4-6(2)3;;;/h6H,4-5H2,1-3H3;3-5H2,1-2H3;4H2,1-3H3;1H3;;/q;;2*-1;;. The Kier molecular flexibility index (Phi) is 71.0. The van der Waals surface area contributed by atoms with Crippen LogP contribution in [-0.4, -0.2) is 32.7 Å². The third kappa shape index (κ3) is 59.5. The molecule has 0 aliphatic heterocycles. The summed E-state index contributed by atoms with van der Waals surface area (Å²) < 4.78 is 0. The van der Waals surface area contributed by atoms with E-state index < -0.39 is 0 Å².